The number of hydrogen-bond acceptors (Lipinski definition) is 5. The molecule has 2 aliphatic heterocycles. The highest BCUT2D eigenvalue weighted by atomic mass is 15.3. The van der Waals surface area contributed by atoms with Crippen LogP contribution in [0.2, 0.25) is 0 Å². The molecule has 0 aromatic carbocycles. The molecular weight excluding hydrogens is 348 g/mol. The average Bonchev–Trinajstić information content (AvgIpc) is 3.16. The fourth-order valence-electron chi connectivity index (χ4n) is 4.90. The predicted octanol–water partition coefficient (Wildman–Crippen LogP) is 2.88. The van der Waals surface area contributed by atoms with Gasteiger partial charge in [0.15, 0.2) is 0 Å². The van der Waals surface area contributed by atoms with Crippen molar-refractivity contribution in [1.29, 1.82) is 0 Å². The molecule has 2 aromatic rings. The Morgan fingerprint density at radius 1 is 1.14 bits per heavy atom. The van der Waals surface area contributed by atoms with Crippen LogP contribution in [0.5, 0.6) is 0 Å². The molecule has 4 rings (SSSR count). The molecule has 0 saturated carbocycles. The standard InChI is InChI=1S/C22H34N6/c1-17(2)14-28-10-7-19-21(25-16-24-19)22(28)8-11-27(12-9-22)15-18-5-6-20(23-13-18)26(3)4/h5-6,13,16-17H,7-12,14-15H2,1-4H3,(H,24,25). The first-order valence-corrected chi connectivity index (χ1v) is 10.6. The summed E-state index contributed by atoms with van der Waals surface area (Å²) >= 11 is 0. The Bertz CT molecular complexity index is 771. The SMILES string of the molecule is CC(C)CN1CCc2[nH]cnc2C12CCN(Cc1ccc(N(C)C)nc1)CC2. The monoisotopic (exact) mass is 382 g/mol. The van der Waals surface area contributed by atoms with E-state index in [9.17, 15) is 0 Å². The van der Waals surface area contributed by atoms with E-state index >= 15 is 0 Å². The Labute approximate surface area is 169 Å². The molecule has 0 amide bonds. The van der Waals surface area contributed by atoms with Crippen molar-refractivity contribution in [3.05, 3.63) is 41.6 Å². The highest BCUT2D eigenvalue weighted by Crippen LogP contribution is 2.42. The number of pyridine rings is 1. The Morgan fingerprint density at radius 3 is 2.57 bits per heavy atom. The van der Waals surface area contributed by atoms with E-state index in [1.54, 1.807) is 0 Å². The number of hydrogen-bond donors (Lipinski definition) is 1. The average molecular weight is 383 g/mol. The van der Waals surface area contributed by atoms with Gasteiger partial charge in [-0.2, -0.15) is 0 Å². The molecule has 1 spiro atoms. The molecule has 0 radical (unpaired) electrons. The quantitative estimate of drug-likeness (QED) is 0.862. The number of H-pyrrole nitrogens is 1. The van der Waals surface area contributed by atoms with Crippen LogP contribution in [0, 0.1) is 5.92 Å². The van der Waals surface area contributed by atoms with Crippen molar-refractivity contribution in [1.82, 2.24) is 24.8 Å². The van der Waals surface area contributed by atoms with Gasteiger partial charge in [0.2, 0.25) is 0 Å². The zero-order valence-electron chi connectivity index (χ0n) is 17.8. The van der Waals surface area contributed by atoms with E-state index in [1.807, 2.05) is 31.5 Å². The molecule has 0 unspecified atom stereocenters. The summed E-state index contributed by atoms with van der Waals surface area (Å²) < 4.78 is 0. The largest absolute Gasteiger partial charge is 0.363 e. The van der Waals surface area contributed by atoms with E-state index in [0.29, 0.717) is 5.92 Å². The summed E-state index contributed by atoms with van der Waals surface area (Å²) in [5.41, 5.74) is 4.08. The van der Waals surface area contributed by atoms with Crippen LogP contribution in [0.25, 0.3) is 0 Å². The maximum absolute atomic E-state index is 4.80. The minimum absolute atomic E-state index is 0.112. The summed E-state index contributed by atoms with van der Waals surface area (Å²) in [6.45, 7) is 10.1. The van der Waals surface area contributed by atoms with Crippen molar-refractivity contribution < 1.29 is 0 Å². The van der Waals surface area contributed by atoms with Crippen LogP contribution in [0.3, 0.4) is 0 Å². The Hall–Kier alpha value is -1.92. The third-order valence-corrected chi connectivity index (χ3v) is 6.34. The third kappa shape index (κ3) is 3.67. The molecule has 4 heterocycles. The summed E-state index contributed by atoms with van der Waals surface area (Å²) in [5, 5.41) is 0. The van der Waals surface area contributed by atoms with Crippen molar-refractivity contribution in [2.45, 2.75) is 45.2 Å². The van der Waals surface area contributed by atoms with E-state index in [-0.39, 0.29) is 5.54 Å². The van der Waals surface area contributed by atoms with Gasteiger partial charge in [-0.1, -0.05) is 19.9 Å². The van der Waals surface area contributed by atoms with Gasteiger partial charge >= 0.3 is 0 Å². The van der Waals surface area contributed by atoms with Gasteiger partial charge in [0.05, 0.1) is 17.6 Å². The lowest BCUT2D eigenvalue weighted by molar-refractivity contribution is -0.00357. The summed E-state index contributed by atoms with van der Waals surface area (Å²) in [4.78, 5) is 20.1. The lowest BCUT2D eigenvalue weighted by Gasteiger charge is -2.51. The van der Waals surface area contributed by atoms with E-state index in [4.69, 9.17) is 4.98 Å². The first kappa shape index (κ1) is 19.4. The zero-order chi connectivity index (χ0) is 19.7. The summed E-state index contributed by atoms with van der Waals surface area (Å²) in [6.07, 6.45) is 7.33. The summed E-state index contributed by atoms with van der Waals surface area (Å²) in [5.74, 6) is 1.69. The number of anilines is 1. The molecule has 0 aliphatic carbocycles. The third-order valence-electron chi connectivity index (χ3n) is 6.34. The molecule has 1 N–H and O–H groups in total. The van der Waals surface area contributed by atoms with Gasteiger partial charge in [-0.3, -0.25) is 9.80 Å². The van der Waals surface area contributed by atoms with Gasteiger partial charge < -0.3 is 9.88 Å². The molecule has 6 nitrogen and oxygen atoms in total. The number of piperidine rings is 1. The topological polar surface area (TPSA) is 51.3 Å². The van der Waals surface area contributed by atoms with Crippen molar-refractivity contribution in [2.24, 2.45) is 5.92 Å². The van der Waals surface area contributed by atoms with Gasteiger partial charge in [-0.05, 0) is 30.4 Å². The van der Waals surface area contributed by atoms with Crippen molar-refractivity contribution >= 4 is 5.82 Å². The van der Waals surface area contributed by atoms with Crippen molar-refractivity contribution in [3.63, 3.8) is 0 Å². The molecule has 1 saturated heterocycles. The van der Waals surface area contributed by atoms with Crippen LogP contribution in [-0.2, 0) is 18.5 Å². The number of nitrogens with zero attached hydrogens (tertiary/aromatic N) is 5. The number of fused-ring (bicyclic) bond motifs is 2. The minimum atomic E-state index is 0.112. The number of rotatable bonds is 5. The Morgan fingerprint density at radius 2 is 1.93 bits per heavy atom. The number of likely N-dealkylation sites (tertiary alicyclic amines) is 1. The maximum atomic E-state index is 4.80. The number of imidazole rings is 1. The molecule has 6 heteroatoms. The minimum Gasteiger partial charge on any atom is -0.363 e. The number of aromatic amines is 1. The zero-order valence-corrected chi connectivity index (χ0v) is 17.8. The van der Waals surface area contributed by atoms with Gasteiger partial charge in [-0.25, -0.2) is 9.97 Å². The first-order valence-electron chi connectivity index (χ1n) is 10.6. The molecular formula is C22H34N6. The van der Waals surface area contributed by atoms with Gasteiger partial charge in [-0.15, -0.1) is 0 Å². The van der Waals surface area contributed by atoms with E-state index < -0.39 is 0 Å². The van der Waals surface area contributed by atoms with Gasteiger partial charge in [0.1, 0.15) is 5.82 Å². The van der Waals surface area contributed by atoms with Gasteiger partial charge in [0.25, 0.3) is 0 Å². The summed E-state index contributed by atoms with van der Waals surface area (Å²) in [6, 6.07) is 4.33. The molecule has 2 aromatic heterocycles. The lowest BCUT2D eigenvalue weighted by Crippen LogP contribution is -2.57. The molecule has 28 heavy (non-hydrogen) atoms. The van der Waals surface area contributed by atoms with Crippen LogP contribution in [0.4, 0.5) is 5.82 Å². The molecule has 2 aliphatic rings. The normalized spacial score (nSPS) is 19.9. The smallest absolute Gasteiger partial charge is 0.127 e. The number of nitrogens with one attached hydrogen (secondary N) is 1. The molecule has 1 fully saturated rings. The van der Waals surface area contributed by atoms with Crippen LogP contribution in [-0.4, -0.2) is 65.0 Å². The van der Waals surface area contributed by atoms with Crippen LogP contribution in [0.15, 0.2) is 24.7 Å². The summed E-state index contributed by atoms with van der Waals surface area (Å²) in [7, 11) is 4.06. The second kappa shape index (κ2) is 7.84. The first-order chi connectivity index (χ1) is 13.5. The van der Waals surface area contributed by atoms with Crippen LogP contribution < -0.4 is 4.90 Å². The Kier molecular flexibility index (Phi) is 5.43. The molecule has 0 bridgehead atoms. The van der Waals surface area contributed by atoms with Crippen LogP contribution >= 0.6 is 0 Å². The van der Waals surface area contributed by atoms with Crippen molar-refractivity contribution in [2.75, 3.05) is 45.2 Å². The molecule has 152 valence electrons. The van der Waals surface area contributed by atoms with Crippen molar-refractivity contribution in [3.8, 4) is 0 Å². The second-order valence-electron chi connectivity index (χ2n) is 9.05. The molecule has 0 atom stereocenters. The lowest BCUT2D eigenvalue weighted by atomic mass is 9.78. The predicted molar refractivity (Wildman–Crippen MR) is 113 cm³/mol. The Balaban J connectivity index is 1.46. The second-order valence-corrected chi connectivity index (χ2v) is 9.05. The van der Waals surface area contributed by atoms with E-state index in [2.05, 4.69) is 45.7 Å². The fourth-order valence-corrected chi connectivity index (χ4v) is 4.90. The maximum Gasteiger partial charge on any atom is 0.127 e. The fraction of sp³-hybridized carbons (Fsp3) is 0.636. The van der Waals surface area contributed by atoms with Crippen LogP contribution in [0.1, 0.15) is 43.6 Å². The highest BCUT2D eigenvalue weighted by molar-refractivity contribution is 5.37. The van der Waals surface area contributed by atoms with Gasteiger partial charge in [0, 0.05) is 65.1 Å². The number of aromatic nitrogens is 3. The van der Waals surface area contributed by atoms with E-state index in [0.717, 1.165) is 57.8 Å². The van der Waals surface area contributed by atoms with E-state index in [1.165, 1.54) is 17.0 Å². The highest BCUT2D eigenvalue weighted by Gasteiger charge is 2.46.